The summed E-state index contributed by atoms with van der Waals surface area (Å²) in [7, 11) is 0. The largest absolute Gasteiger partial charge is 0.309 e. The number of nitrogens with zero attached hydrogens (tertiary/aromatic N) is 4. The van der Waals surface area contributed by atoms with Gasteiger partial charge in [-0.2, -0.15) is 0 Å². The lowest BCUT2D eigenvalue weighted by Gasteiger charge is -2.10. The van der Waals surface area contributed by atoms with E-state index in [2.05, 4.69) is 112 Å². The molecule has 0 saturated carbocycles. The number of benzene rings is 6. The molecule has 0 bridgehead atoms. The molecule has 0 aliphatic heterocycles. The zero-order chi connectivity index (χ0) is 26.2. The van der Waals surface area contributed by atoms with Crippen LogP contribution in [0.4, 0.5) is 0 Å². The van der Waals surface area contributed by atoms with Crippen LogP contribution in [0.2, 0.25) is 0 Å². The number of aromatic nitrogens is 4. The van der Waals surface area contributed by atoms with Crippen LogP contribution < -0.4 is 0 Å². The second-order valence-corrected chi connectivity index (χ2v) is 10.3. The van der Waals surface area contributed by atoms with Gasteiger partial charge in [0, 0.05) is 39.0 Å². The Hall–Kier alpha value is -5.48. The van der Waals surface area contributed by atoms with Gasteiger partial charge < -0.3 is 4.57 Å². The Bertz CT molecular complexity index is 2360. The first-order valence-electron chi connectivity index (χ1n) is 13.5. The molecule has 4 nitrogen and oxygen atoms in total. The summed E-state index contributed by atoms with van der Waals surface area (Å²) in [5.41, 5.74) is 7.73. The Balaban J connectivity index is 1.47. The molecule has 0 aliphatic rings. The van der Waals surface area contributed by atoms with Crippen LogP contribution in [0.1, 0.15) is 0 Å². The van der Waals surface area contributed by atoms with E-state index in [9.17, 15) is 0 Å². The van der Waals surface area contributed by atoms with Crippen molar-refractivity contribution in [3.05, 3.63) is 134 Å². The fraction of sp³-hybridized carbons (Fsp3) is 0. The molecule has 0 unspecified atom stereocenters. The quantitative estimate of drug-likeness (QED) is 0.222. The Morgan fingerprint density at radius 2 is 1.23 bits per heavy atom. The number of fused-ring (bicyclic) bond motifs is 4. The predicted octanol–water partition coefficient (Wildman–Crippen LogP) is 8.93. The first kappa shape index (κ1) is 21.5. The van der Waals surface area contributed by atoms with Crippen molar-refractivity contribution in [2.75, 3.05) is 0 Å². The van der Waals surface area contributed by atoms with Crippen molar-refractivity contribution in [3.63, 3.8) is 0 Å². The SMILES string of the molecule is c1ccc(-c2ccnc(-n3c4cccc5ccc6c7c8ccccc8n(-c8ccccc8)c7cc3c6c54)n2)cc1. The Morgan fingerprint density at radius 1 is 0.475 bits per heavy atom. The zero-order valence-corrected chi connectivity index (χ0v) is 21.5. The normalized spacial score (nSPS) is 12.0. The summed E-state index contributed by atoms with van der Waals surface area (Å²) in [5, 5.41) is 7.51. The summed E-state index contributed by atoms with van der Waals surface area (Å²) in [4.78, 5) is 9.91. The highest BCUT2D eigenvalue weighted by Gasteiger charge is 2.23. The minimum absolute atomic E-state index is 0.674. The molecule has 0 saturated heterocycles. The van der Waals surface area contributed by atoms with Gasteiger partial charge in [-0.25, -0.2) is 9.97 Å². The van der Waals surface area contributed by atoms with E-state index < -0.39 is 0 Å². The van der Waals surface area contributed by atoms with Crippen LogP contribution in [0.3, 0.4) is 0 Å². The standard InChI is InChI=1S/C36H22N4/c1-3-10-23(11-4-1)28-20-21-37-36(38-28)40-30-17-9-12-24-18-19-27-34-26-15-7-8-16-29(26)39(25-13-5-2-6-14-25)31(34)22-32(40)35(27)33(24)30/h1-22H. The van der Waals surface area contributed by atoms with Crippen LogP contribution in [0.25, 0.3) is 77.3 Å². The van der Waals surface area contributed by atoms with Crippen molar-refractivity contribution in [2.24, 2.45) is 0 Å². The summed E-state index contributed by atoms with van der Waals surface area (Å²) in [5.74, 6) is 0.674. The smallest absolute Gasteiger partial charge is 0.235 e. The van der Waals surface area contributed by atoms with E-state index in [-0.39, 0.29) is 0 Å². The predicted molar refractivity (Wildman–Crippen MR) is 165 cm³/mol. The molecule has 186 valence electrons. The van der Waals surface area contributed by atoms with Crippen molar-refractivity contribution in [2.45, 2.75) is 0 Å². The Labute approximate surface area is 229 Å². The minimum Gasteiger partial charge on any atom is -0.309 e. The zero-order valence-electron chi connectivity index (χ0n) is 21.5. The molecule has 0 amide bonds. The first-order chi connectivity index (χ1) is 19.9. The summed E-state index contributed by atoms with van der Waals surface area (Å²) >= 11 is 0. The van der Waals surface area contributed by atoms with E-state index in [0.717, 1.165) is 28.0 Å². The van der Waals surface area contributed by atoms with E-state index in [1.807, 2.05) is 30.5 Å². The van der Waals surface area contributed by atoms with E-state index in [1.165, 1.54) is 43.4 Å². The van der Waals surface area contributed by atoms with E-state index in [0.29, 0.717) is 5.95 Å². The van der Waals surface area contributed by atoms with Crippen molar-refractivity contribution in [3.8, 4) is 22.9 Å². The van der Waals surface area contributed by atoms with E-state index in [4.69, 9.17) is 9.97 Å². The van der Waals surface area contributed by atoms with Gasteiger partial charge in [0.2, 0.25) is 5.95 Å². The van der Waals surface area contributed by atoms with Crippen LogP contribution >= 0.6 is 0 Å². The van der Waals surface area contributed by atoms with Crippen molar-refractivity contribution < 1.29 is 0 Å². The van der Waals surface area contributed by atoms with Gasteiger partial charge >= 0.3 is 0 Å². The molecule has 9 aromatic rings. The van der Waals surface area contributed by atoms with Gasteiger partial charge in [-0.05, 0) is 47.2 Å². The highest BCUT2D eigenvalue weighted by atomic mass is 15.2. The van der Waals surface area contributed by atoms with Gasteiger partial charge in [-0.3, -0.25) is 4.57 Å². The molecule has 0 fully saturated rings. The van der Waals surface area contributed by atoms with Crippen LogP contribution in [0.5, 0.6) is 0 Å². The maximum absolute atomic E-state index is 5.09. The lowest BCUT2D eigenvalue weighted by atomic mass is 9.98. The second-order valence-electron chi connectivity index (χ2n) is 10.3. The summed E-state index contributed by atoms with van der Waals surface area (Å²) in [6.45, 7) is 0. The van der Waals surface area contributed by atoms with Crippen molar-refractivity contribution in [1.82, 2.24) is 19.1 Å². The van der Waals surface area contributed by atoms with Gasteiger partial charge in [0.05, 0.1) is 27.8 Å². The molecule has 6 aromatic carbocycles. The average Bonchev–Trinajstić information content (AvgIpc) is 3.54. The number of hydrogen-bond donors (Lipinski definition) is 0. The van der Waals surface area contributed by atoms with E-state index in [1.54, 1.807) is 0 Å². The van der Waals surface area contributed by atoms with Crippen LogP contribution in [0, 0.1) is 0 Å². The Morgan fingerprint density at radius 3 is 2.10 bits per heavy atom. The maximum atomic E-state index is 5.09. The maximum Gasteiger partial charge on any atom is 0.235 e. The topological polar surface area (TPSA) is 35.6 Å². The molecule has 9 rings (SSSR count). The fourth-order valence-electron chi connectivity index (χ4n) is 6.50. The molecule has 0 radical (unpaired) electrons. The van der Waals surface area contributed by atoms with Gasteiger partial charge in [0.15, 0.2) is 0 Å². The molecule has 0 N–H and O–H groups in total. The van der Waals surface area contributed by atoms with Crippen molar-refractivity contribution in [1.29, 1.82) is 0 Å². The third-order valence-electron chi connectivity index (χ3n) is 8.14. The first-order valence-corrected chi connectivity index (χ1v) is 13.5. The van der Waals surface area contributed by atoms with Crippen LogP contribution in [0.15, 0.2) is 134 Å². The van der Waals surface area contributed by atoms with Crippen molar-refractivity contribution >= 4 is 54.4 Å². The summed E-state index contributed by atoms with van der Waals surface area (Å²) in [6.07, 6.45) is 1.87. The monoisotopic (exact) mass is 510 g/mol. The molecule has 4 heteroatoms. The molecule has 3 heterocycles. The number of rotatable bonds is 3. The molecule has 0 aliphatic carbocycles. The molecule has 0 atom stereocenters. The molecular formula is C36H22N4. The summed E-state index contributed by atoms with van der Waals surface area (Å²) < 4.78 is 4.62. The number of para-hydroxylation sites is 2. The highest BCUT2D eigenvalue weighted by Crippen LogP contribution is 2.45. The number of hydrogen-bond acceptors (Lipinski definition) is 2. The van der Waals surface area contributed by atoms with Crippen LogP contribution in [-0.2, 0) is 0 Å². The molecule has 3 aromatic heterocycles. The van der Waals surface area contributed by atoms with Gasteiger partial charge in [0.1, 0.15) is 0 Å². The molecule has 0 spiro atoms. The fourth-order valence-corrected chi connectivity index (χ4v) is 6.50. The lowest BCUT2D eigenvalue weighted by Crippen LogP contribution is -2.02. The highest BCUT2D eigenvalue weighted by molar-refractivity contribution is 6.33. The third kappa shape index (κ3) is 2.85. The average molecular weight is 511 g/mol. The van der Waals surface area contributed by atoms with Gasteiger partial charge in [-0.15, -0.1) is 0 Å². The third-order valence-corrected chi connectivity index (χ3v) is 8.14. The molecular weight excluding hydrogens is 488 g/mol. The lowest BCUT2D eigenvalue weighted by molar-refractivity contribution is 0.992. The van der Waals surface area contributed by atoms with Gasteiger partial charge in [-0.1, -0.05) is 91.0 Å². The van der Waals surface area contributed by atoms with Crippen LogP contribution in [-0.4, -0.2) is 19.1 Å². The summed E-state index contributed by atoms with van der Waals surface area (Å²) in [6, 6.07) is 45.0. The Kier molecular flexibility index (Phi) is 4.30. The minimum atomic E-state index is 0.674. The van der Waals surface area contributed by atoms with E-state index >= 15 is 0 Å². The second kappa shape index (κ2) is 8.01. The molecule has 40 heavy (non-hydrogen) atoms. The van der Waals surface area contributed by atoms with Gasteiger partial charge in [0.25, 0.3) is 0 Å².